The lowest BCUT2D eigenvalue weighted by atomic mass is 9.99. The molecule has 3 fully saturated rings. The maximum atomic E-state index is 12.6. The second kappa shape index (κ2) is 6.44. The van der Waals surface area contributed by atoms with E-state index >= 15 is 0 Å². The monoisotopic (exact) mass is 309 g/mol. The fourth-order valence-electron chi connectivity index (χ4n) is 3.66. The summed E-state index contributed by atoms with van der Waals surface area (Å²) in [6, 6.07) is -0.0266. The van der Waals surface area contributed by atoms with Crippen LogP contribution in [-0.4, -0.2) is 66.7 Å². The van der Waals surface area contributed by atoms with E-state index < -0.39 is 0 Å². The summed E-state index contributed by atoms with van der Waals surface area (Å²) in [6.07, 6.45) is 2.86. The van der Waals surface area contributed by atoms with Crippen LogP contribution in [-0.2, 0) is 9.53 Å². The zero-order chi connectivity index (χ0) is 15.7. The Morgan fingerprint density at radius 1 is 1.18 bits per heavy atom. The number of ether oxygens (including phenoxy) is 1. The Morgan fingerprint density at radius 3 is 2.59 bits per heavy atom. The quantitative estimate of drug-likeness (QED) is 0.848. The van der Waals surface area contributed by atoms with Crippen LogP contribution >= 0.6 is 0 Å². The van der Waals surface area contributed by atoms with Crippen LogP contribution in [0.1, 0.15) is 33.1 Å². The number of morpholine rings is 1. The number of fused-ring (bicyclic) bond motifs is 2. The molecule has 22 heavy (non-hydrogen) atoms. The summed E-state index contributed by atoms with van der Waals surface area (Å²) in [5, 5.41) is 2.96. The van der Waals surface area contributed by atoms with Gasteiger partial charge in [-0.1, -0.05) is 13.8 Å². The lowest BCUT2D eigenvalue weighted by Gasteiger charge is -2.33. The molecule has 3 atom stereocenters. The van der Waals surface area contributed by atoms with E-state index in [0.717, 1.165) is 32.4 Å². The smallest absolute Gasteiger partial charge is 0.317 e. The largest absolute Gasteiger partial charge is 0.370 e. The van der Waals surface area contributed by atoms with Crippen molar-refractivity contribution in [1.82, 2.24) is 15.1 Å². The van der Waals surface area contributed by atoms with Gasteiger partial charge in [-0.25, -0.2) is 4.79 Å². The van der Waals surface area contributed by atoms with E-state index in [2.05, 4.69) is 19.2 Å². The highest BCUT2D eigenvalue weighted by Gasteiger charge is 2.47. The van der Waals surface area contributed by atoms with Gasteiger partial charge < -0.3 is 19.9 Å². The maximum Gasteiger partial charge on any atom is 0.317 e. The van der Waals surface area contributed by atoms with Crippen LogP contribution in [0.3, 0.4) is 0 Å². The number of rotatable bonds is 3. The van der Waals surface area contributed by atoms with Gasteiger partial charge in [0.05, 0.1) is 18.1 Å². The number of urea groups is 1. The van der Waals surface area contributed by atoms with Crippen LogP contribution in [0.4, 0.5) is 4.79 Å². The molecule has 2 bridgehead atoms. The fourth-order valence-corrected chi connectivity index (χ4v) is 3.66. The third-order valence-corrected chi connectivity index (χ3v) is 4.84. The van der Waals surface area contributed by atoms with Crippen LogP contribution in [0.25, 0.3) is 0 Å². The molecule has 0 aromatic rings. The van der Waals surface area contributed by atoms with Crippen LogP contribution in [0.2, 0.25) is 0 Å². The molecule has 3 rings (SSSR count). The molecule has 6 heteroatoms. The van der Waals surface area contributed by atoms with Crippen LogP contribution in [0.15, 0.2) is 0 Å². The van der Waals surface area contributed by atoms with Gasteiger partial charge in [0.25, 0.3) is 0 Å². The van der Waals surface area contributed by atoms with E-state index in [1.54, 1.807) is 0 Å². The Bertz CT molecular complexity index is 434. The molecule has 0 aromatic carbocycles. The highest BCUT2D eigenvalue weighted by atomic mass is 16.5. The van der Waals surface area contributed by atoms with Crippen molar-refractivity contribution in [2.24, 2.45) is 11.8 Å². The summed E-state index contributed by atoms with van der Waals surface area (Å²) >= 11 is 0. The molecule has 3 amide bonds. The number of hydrogen-bond donors (Lipinski definition) is 1. The first-order valence-electron chi connectivity index (χ1n) is 8.51. The number of hydrogen-bond acceptors (Lipinski definition) is 3. The van der Waals surface area contributed by atoms with E-state index in [0.29, 0.717) is 25.6 Å². The third-order valence-electron chi connectivity index (χ3n) is 4.84. The number of amides is 3. The SMILES string of the molecule is CC(C)CNC(=O)N1C[C@H]2C[C@H](C(=O)N3CCCC3)[C@@H](C1)O2. The average Bonchev–Trinajstić information content (AvgIpc) is 3.12. The summed E-state index contributed by atoms with van der Waals surface area (Å²) in [6.45, 7) is 7.73. The van der Waals surface area contributed by atoms with Crippen molar-refractivity contribution in [3.05, 3.63) is 0 Å². The van der Waals surface area contributed by atoms with Crippen molar-refractivity contribution in [2.45, 2.75) is 45.3 Å². The molecule has 0 aromatic heterocycles. The molecule has 0 saturated carbocycles. The zero-order valence-corrected chi connectivity index (χ0v) is 13.6. The second-order valence-electron chi connectivity index (χ2n) is 7.16. The Balaban J connectivity index is 1.57. The third kappa shape index (κ3) is 3.21. The summed E-state index contributed by atoms with van der Waals surface area (Å²) < 4.78 is 5.93. The molecule has 0 radical (unpaired) electrons. The van der Waals surface area contributed by atoms with E-state index in [9.17, 15) is 9.59 Å². The lowest BCUT2D eigenvalue weighted by Crippen LogP contribution is -2.51. The minimum absolute atomic E-state index is 0.0140. The minimum Gasteiger partial charge on any atom is -0.370 e. The second-order valence-corrected chi connectivity index (χ2v) is 7.16. The van der Waals surface area contributed by atoms with E-state index in [4.69, 9.17) is 4.74 Å². The van der Waals surface area contributed by atoms with Gasteiger partial charge in [-0.3, -0.25) is 4.79 Å². The molecule has 1 N–H and O–H groups in total. The molecule has 3 saturated heterocycles. The topological polar surface area (TPSA) is 61.9 Å². The van der Waals surface area contributed by atoms with Crippen molar-refractivity contribution in [2.75, 3.05) is 32.7 Å². The van der Waals surface area contributed by atoms with Gasteiger partial charge in [0.15, 0.2) is 0 Å². The predicted molar refractivity (Wildman–Crippen MR) is 82.4 cm³/mol. The van der Waals surface area contributed by atoms with Crippen LogP contribution < -0.4 is 5.32 Å². The molecule has 6 nitrogen and oxygen atoms in total. The highest BCUT2D eigenvalue weighted by Crippen LogP contribution is 2.33. The lowest BCUT2D eigenvalue weighted by molar-refractivity contribution is -0.137. The van der Waals surface area contributed by atoms with Gasteiger partial charge >= 0.3 is 6.03 Å². The van der Waals surface area contributed by atoms with E-state index in [1.165, 1.54) is 0 Å². The average molecular weight is 309 g/mol. The molecule has 3 heterocycles. The van der Waals surface area contributed by atoms with Gasteiger partial charge in [0.2, 0.25) is 5.91 Å². The van der Waals surface area contributed by atoms with Crippen LogP contribution in [0, 0.1) is 11.8 Å². The zero-order valence-electron chi connectivity index (χ0n) is 13.6. The van der Waals surface area contributed by atoms with Crippen molar-refractivity contribution in [1.29, 1.82) is 0 Å². The molecule has 0 aliphatic carbocycles. The van der Waals surface area contributed by atoms with Crippen LogP contribution in [0.5, 0.6) is 0 Å². The van der Waals surface area contributed by atoms with E-state index in [1.807, 2.05) is 9.80 Å². The number of nitrogens with zero attached hydrogens (tertiary/aromatic N) is 2. The van der Waals surface area contributed by atoms with Gasteiger partial charge in [0, 0.05) is 32.7 Å². The number of nitrogens with one attached hydrogen (secondary N) is 1. The first-order valence-corrected chi connectivity index (χ1v) is 8.51. The van der Waals surface area contributed by atoms with Gasteiger partial charge in [-0.2, -0.15) is 0 Å². The summed E-state index contributed by atoms with van der Waals surface area (Å²) in [7, 11) is 0. The summed E-state index contributed by atoms with van der Waals surface area (Å²) in [5.41, 5.74) is 0. The summed E-state index contributed by atoms with van der Waals surface area (Å²) in [4.78, 5) is 28.6. The highest BCUT2D eigenvalue weighted by molar-refractivity contribution is 5.80. The molecule has 0 unspecified atom stereocenters. The first-order chi connectivity index (χ1) is 10.5. The molecular weight excluding hydrogens is 282 g/mol. The predicted octanol–water partition coefficient (Wildman–Crippen LogP) is 1.06. The number of likely N-dealkylation sites (tertiary alicyclic amines) is 2. The van der Waals surface area contributed by atoms with Gasteiger partial charge in [-0.05, 0) is 25.2 Å². The normalized spacial score (nSPS) is 31.0. The Morgan fingerprint density at radius 2 is 1.91 bits per heavy atom. The molecule has 124 valence electrons. The Kier molecular flexibility index (Phi) is 4.57. The van der Waals surface area contributed by atoms with Gasteiger partial charge in [-0.15, -0.1) is 0 Å². The standard InChI is InChI=1S/C16H27N3O3/c1-11(2)8-17-16(21)19-9-12-7-13(14(10-19)22-12)15(20)18-5-3-4-6-18/h11-14H,3-10H2,1-2H3,(H,17,21)/t12-,13+,14-/m1/s1. The molecule has 0 spiro atoms. The molecule has 3 aliphatic heterocycles. The first kappa shape index (κ1) is 15.6. The summed E-state index contributed by atoms with van der Waals surface area (Å²) in [5.74, 6) is 0.603. The number of carbonyl (C=O) groups is 2. The maximum absolute atomic E-state index is 12.6. The van der Waals surface area contributed by atoms with Crippen molar-refractivity contribution >= 4 is 11.9 Å². The van der Waals surface area contributed by atoms with E-state index in [-0.39, 0.29) is 30.1 Å². The minimum atomic E-state index is -0.128. The van der Waals surface area contributed by atoms with Crippen molar-refractivity contribution < 1.29 is 14.3 Å². The van der Waals surface area contributed by atoms with Gasteiger partial charge in [0.1, 0.15) is 0 Å². The molecule has 3 aliphatic rings. The van der Waals surface area contributed by atoms with Crippen molar-refractivity contribution in [3.8, 4) is 0 Å². The number of carbonyl (C=O) groups excluding carboxylic acids is 2. The Hall–Kier alpha value is -1.30. The fraction of sp³-hybridized carbons (Fsp3) is 0.875. The molecular formula is C16H27N3O3. The Labute approximate surface area is 132 Å². The van der Waals surface area contributed by atoms with Crippen molar-refractivity contribution in [3.63, 3.8) is 0 Å².